The summed E-state index contributed by atoms with van der Waals surface area (Å²) in [6.07, 6.45) is 6.63. The van der Waals surface area contributed by atoms with E-state index in [4.69, 9.17) is 11.0 Å². The molecule has 1 aliphatic rings. The topological polar surface area (TPSA) is 21.4 Å². The molecule has 2 heterocycles. The van der Waals surface area contributed by atoms with Gasteiger partial charge in [0, 0.05) is 34.9 Å². The van der Waals surface area contributed by atoms with Crippen LogP contribution in [0.1, 0.15) is 60.4 Å². The Morgan fingerprint density at radius 1 is 0.811 bits per heavy atom. The number of nitrogens with zero attached hydrogens (tertiary/aromatic N) is 2. The van der Waals surface area contributed by atoms with Gasteiger partial charge in [0.15, 0.2) is 11.4 Å². The van der Waals surface area contributed by atoms with Crippen molar-refractivity contribution in [3.05, 3.63) is 94.5 Å². The first kappa shape index (κ1) is 23.5. The maximum atomic E-state index is 7.81. The van der Waals surface area contributed by atoms with Gasteiger partial charge in [-0.1, -0.05) is 73.9 Å². The molecule has 1 saturated carbocycles. The lowest BCUT2D eigenvalue weighted by atomic mass is 9.81. The van der Waals surface area contributed by atoms with Crippen molar-refractivity contribution in [3.63, 3.8) is 0 Å². The van der Waals surface area contributed by atoms with Gasteiger partial charge in [0.1, 0.15) is 18.2 Å². The van der Waals surface area contributed by atoms with Crippen LogP contribution in [0, 0.1) is 27.3 Å². The Morgan fingerprint density at radius 2 is 1.49 bits per heavy atom. The third-order valence-corrected chi connectivity index (χ3v) is 8.48. The summed E-state index contributed by atoms with van der Waals surface area (Å²) in [6.45, 7) is 14.5. The molecule has 0 atom stereocenters. The summed E-state index contributed by atoms with van der Waals surface area (Å²) in [7, 11) is 2.20. The molecule has 6 rings (SSSR count). The van der Waals surface area contributed by atoms with Crippen molar-refractivity contribution in [2.24, 2.45) is 7.05 Å². The molecular formula is C34H33N2O+. The number of aromatic nitrogens is 1. The summed E-state index contributed by atoms with van der Waals surface area (Å²) in [6, 6.07) is 20.9. The highest BCUT2D eigenvalue weighted by molar-refractivity contribution is 6.15. The van der Waals surface area contributed by atoms with Crippen LogP contribution in [0.15, 0.2) is 65.1 Å². The van der Waals surface area contributed by atoms with Crippen LogP contribution in [0.25, 0.3) is 49.2 Å². The Hall–Kier alpha value is -3.90. The van der Waals surface area contributed by atoms with E-state index in [1.54, 1.807) is 0 Å². The number of furan rings is 1. The molecule has 3 nitrogen and oxygen atoms in total. The fraction of sp³-hybridized carbons (Fsp3) is 0.294. The van der Waals surface area contributed by atoms with Crippen molar-refractivity contribution < 1.29 is 8.98 Å². The van der Waals surface area contributed by atoms with Gasteiger partial charge < -0.3 is 4.42 Å². The maximum absolute atomic E-state index is 7.81. The van der Waals surface area contributed by atoms with Crippen molar-refractivity contribution in [2.75, 3.05) is 0 Å². The molecule has 37 heavy (non-hydrogen) atoms. The van der Waals surface area contributed by atoms with Gasteiger partial charge in [-0.15, -0.1) is 0 Å². The summed E-state index contributed by atoms with van der Waals surface area (Å²) in [5.41, 5.74) is 12.0. The van der Waals surface area contributed by atoms with E-state index in [1.807, 2.05) is 30.3 Å². The third kappa shape index (κ3) is 3.75. The Balaban J connectivity index is 1.63. The molecule has 0 unspecified atom stereocenters. The van der Waals surface area contributed by atoms with Crippen molar-refractivity contribution in [1.29, 1.82) is 0 Å². The van der Waals surface area contributed by atoms with Crippen LogP contribution in [-0.4, -0.2) is 0 Å². The fourth-order valence-corrected chi connectivity index (χ4v) is 6.56. The van der Waals surface area contributed by atoms with E-state index < -0.39 is 0 Å². The number of benzene rings is 3. The third-order valence-electron chi connectivity index (χ3n) is 8.48. The number of pyridine rings is 1. The molecule has 1 aliphatic carbocycles. The summed E-state index contributed by atoms with van der Waals surface area (Å²) < 4.78 is 9.14. The highest BCUT2D eigenvalue weighted by atomic mass is 16.3. The predicted octanol–water partition coefficient (Wildman–Crippen LogP) is 9.27. The first-order valence-corrected chi connectivity index (χ1v) is 13.4. The molecule has 3 heteroatoms. The SMILES string of the molecule is [C-]#[N+]c1ccc2c(oc3c(-c4cc(C)c(C5CCCCC5)c(C)[n+]4C)c(C)ccc32)c1-c1ccccc1. The minimum absolute atomic E-state index is 0.616. The molecule has 0 bridgehead atoms. The zero-order valence-corrected chi connectivity index (χ0v) is 22.2. The smallest absolute Gasteiger partial charge is 0.216 e. The Bertz CT molecular complexity index is 1700. The minimum Gasteiger partial charge on any atom is -0.456 e. The molecular weight excluding hydrogens is 452 g/mol. The van der Waals surface area contributed by atoms with Crippen LogP contribution >= 0.6 is 0 Å². The first-order chi connectivity index (χ1) is 18.0. The molecule has 0 saturated heterocycles. The highest BCUT2D eigenvalue weighted by Crippen LogP contribution is 2.45. The number of hydrogen-bond acceptors (Lipinski definition) is 1. The number of aryl methyl sites for hydroxylation is 2. The van der Waals surface area contributed by atoms with Crippen molar-refractivity contribution >= 4 is 27.6 Å². The minimum atomic E-state index is 0.616. The van der Waals surface area contributed by atoms with Gasteiger partial charge in [0.2, 0.25) is 5.69 Å². The van der Waals surface area contributed by atoms with Crippen LogP contribution in [0.3, 0.4) is 0 Å². The van der Waals surface area contributed by atoms with Gasteiger partial charge in [-0.2, -0.15) is 4.57 Å². The molecule has 0 aliphatic heterocycles. The fourth-order valence-electron chi connectivity index (χ4n) is 6.56. The van der Waals surface area contributed by atoms with E-state index >= 15 is 0 Å². The number of fused-ring (bicyclic) bond motifs is 3. The van der Waals surface area contributed by atoms with Crippen molar-refractivity contribution in [2.45, 2.75) is 58.8 Å². The second-order valence-electron chi connectivity index (χ2n) is 10.7. The van der Waals surface area contributed by atoms with E-state index in [9.17, 15) is 0 Å². The Labute approximate surface area is 219 Å². The second-order valence-corrected chi connectivity index (χ2v) is 10.7. The van der Waals surface area contributed by atoms with Crippen molar-refractivity contribution in [1.82, 2.24) is 0 Å². The number of rotatable bonds is 3. The van der Waals surface area contributed by atoms with E-state index in [0.29, 0.717) is 11.6 Å². The summed E-state index contributed by atoms with van der Waals surface area (Å²) >= 11 is 0. The molecule has 0 amide bonds. The van der Waals surface area contributed by atoms with Crippen LogP contribution in [0.5, 0.6) is 0 Å². The molecule has 0 N–H and O–H groups in total. The Morgan fingerprint density at radius 3 is 2.19 bits per heavy atom. The second kappa shape index (κ2) is 9.20. The zero-order chi connectivity index (χ0) is 25.7. The van der Waals surface area contributed by atoms with E-state index in [0.717, 1.165) is 38.6 Å². The standard InChI is InChI=1S/C34H33N2O/c1-21-16-17-26-27-18-19-28(35-4)32(25-14-10-7-11-15-25)34(27)37-33(26)31(21)29-20-22(2)30(23(3)36(29)5)24-12-8-6-9-13-24/h7,10-11,14-20,24H,6,8-9,12-13H2,1-3,5H3/q+1. The van der Waals surface area contributed by atoms with E-state index in [2.05, 4.69) is 67.6 Å². The van der Waals surface area contributed by atoms with E-state index in [1.165, 1.54) is 60.2 Å². The number of hydrogen-bond donors (Lipinski definition) is 0. The average Bonchev–Trinajstić information content (AvgIpc) is 3.30. The van der Waals surface area contributed by atoms with Crippen LogP contribution in [0.2, 0.25) is 0 Å². The lowest BCUT2D eigenvalue weighted by Crippen LogP contribution is -2.37. The molecule has 184 valence electrons. The molecule has 1 fully saturated rings. The zero-order valence-electron chi connectivity index (χ0n) is 22.2. The summed E-state index contributed by atoms with van der Waals surface area (Å²) in [5, 5.41) is 2.15. The molecule has 0 spiro atoms. The van der Waals surface area contributed by atoms with Crippen LogP contribution in [-0.2, 0) is 7.05 Å². The highest BCUT2D eigenvalue weighted by Gasteiger charge is 2.29. The van der Waals surface area contributed by atoms with Gasteiger partial charge in [-0.05, 0) is 49.3 Å². The summed E-state index contributed by atoms with van der Waals surface area (Å²) in [4.78, 5) is 3.84. The lowest BCUT2D eigenvalue weighted by Gasteiger charge is -2.24. The monoisotopic (exact) mass is 485 g/mol. The van der Waals surface area contributed by atoms with Gasteiger partial charge in [0.05, 0.1) is 12.1 Å². The largest absolute Gasteiger partial charge is 0.456 e. The maximum Gasteiger partial charge on any atom is 0.216 e. The molecule has 5 aromatic rings. The van der Waals surface area contributed by atoms with E-state index in [-0.39, 0.29) is 0 Å². The van der Waals surface area contributed by atoms with Crippen LogP contribution in [0.4, 0.5) is 5.69 Å². The quantitative estimate of drug-likeness (QED) is 0.184. The molecule has 3 aromatic carbocycles. The van der Waals surface area contributed by atoms with Gasteiger partial charge in [-0.25, -0.2) is 4.85 Å². The van der Waals surface area contributed by atoms with Gasteiger partial charge in [-0.3, -0.25) is 0 Å². The van der Waals surface area contributed by atoms with Crippen molar-refractivity contribution in [3.8, 4) is 22.4 Å². The molecule has 2 aromatic heterocycles. The lowest BCUT2D eigenvalue weighted by molar-refractivity contribution is -0.667. The van der Waals surface area contributed by atoms with Gasteiger partial charge in [0.25, 0.3) is 0 Å². The molecule has 0 radical (unpaired) electrons. The van der Waals surface area contributed by atoms with Gasteiger partial charge >= 0.3 is 0 Å². The predicted molar refractivity (Wildman–Crippen MR) is 152 cm³/mol. The normalized spacial score (nSPS) is 14.4. The average molecular weight is 486 g/mol. The van der Waals surface area contributed by atoms with Crippen LogP contribution < -0.4 is 4.57 Å². The first-order valence-electron chi connectivity index (χ1n) is 13.4. The summed E-state index contributed by atoms with van der Waals surface area (Å²) in [5.74, 6) is 0.664. The Kier molecular flexibility index (Phi) is 5.84.